The van der Waals surface area contributed by atoms with Crippen molar-refractivity contribution in [2.24, 2.45) is 5.92 Å². The summed E-state index contributed by atoms with van der Waals surface area (Å²) >= 11 is 0. The van der Waals surface area contributed by atoms with Crippen LogP contribution in [0.15, 0.2) is 18.2 Å². The number of hydrogen-bond donors (Lipinski definition) is 2. The molecule has 6 heteroatoms. The first kappa shape index (κ1) is 18.5. The molecule has 1 amide bonds. The number of nitrogens with zero attached hydrogens (tertiary/aromatic N) is 1. The molecule has 1 fully saturated rings. The first-order valence-electron chi connectivity index (χ1n) is 8.43. The molecule has 1 heterocycles. The number of aliphatic hydroxyl groups is 1. The zero-order chi connectivity index (χ0) is 17.5. The van der Waals surface area contributed by atoms with E-state index in [0.717, 1.165) is 24.9 Å². The largest absolute Gasteiger partial charge is 0.497 e. The molecule has 0 bridgehead atoms. The van der Waals surface area contributed by atoms with E-state index in [4.69, 9.17) is 9.47 Å². The first-order chi connectivity index (χ1) is 11.6. The predicted octanol–water partition coefficient (Wildman–Crippen LogP) is 1.41. The minimum absolute atomic E-state index is 0.0112. The minimum Gasteiger partial charge on any atom is -0.497 e. The van der Waals surface area contributed by atoms with Crippen molar-refractivity contribution in [2.45, 2.75) is 32.4 Å². The van der Waals surface area contributed by atoms with Gasteiger partial charge in [0, 0.05) is 36.7 Å². The van der Waals surface area contributed by atoms with Gasteiger partial charge < -0.3 is 24.8 Å². The Morgan fingerprint density at radius 1 is 1.38 bits per heavy atom. The molecule has 24 heavy (non-hydrogen) atoms. The van der Waals surface area contributed by atoms with Gasteiger partial charge in [-0.3, -0.25) is 4.79 Å². The molecule has 2 N–H and O–H groups in total. The molecule has 1 aromatic rings. The van der Waals surface area contributed by atoms with Crippen LogP contribution in [-0.2, 0) is 11.3 Å². The van der Waals surface area contributed by atoms with Crippen LogP contribution in [0.2, 0.25) is 0 Å². The first-order valence-corrected chi connectivity index (χ1v) is 8.43. The lowest BCUT2D eigenvalue weighted by Gasteiger charge is -2.32. The molecule has 1 aliphatic heterocycles. The summed E-state index contributed by atoms with van der Waals surface area (Å²) in [4.78, 5) is 14.6. The normalized spacial score (nSPS) is 20.5. The van der Waals surface area contributed by atoms with E-state index in [2.05, 4.69) is 12.2 Å². The van der Waals surface area contributed by atoms with Crippen LogP contribution in [0.1, 0.15) is 25.3 Å². The van der Waals surface area contributed by atoms with Crippen LogP contribution in [0.5, 0.6) is 11.5 Å². The Balaban J connectivity index is 2.14. The Hall–Kier alpha value is -1.79. The van der Waals surface area contributed by atoms with E-state index >= 15 is 0 Å². The molecule has 0 aromatic heterocycles. The fourth-order valence-corrected chi connectivity index (χ4v) is 3.19. The topological polar surface area (TPSA) is 71.0 Å². The standard InChI is InChI=1S/C18H28N2O4/c1-13-10-14(6-7-19-13)18(22)20(8-9-21)12-15-4-5-16(23-2)11-17(15)24-3/h4-5,11,13-14,19,21H,6-10,12H2,1-3H3/t13-,14-/m0/s1. The van der Waals surface area contributed by atoms with Crippen LogP contribution < -0.4 is 14.8 Å². The lowest BCUT2D eigenvalue weighted by molar-refractivity contribution is -0.137. The SMILES string of the molecule is COc1ccc(CN(CCO)C(=O)[C@H]2CCN[C@@H](C)C2)c(OC)c1. The van der Waals surface area contributed by atoms with E-state index < -0.39 is 0 Å². The van der Waals surface area contributed by atoms with Gasteiger partial charge in [-0.2, -0.15) is 0 Å². The Morgan fingerprint density at radius 2 is 2.17 bits per heavy atom. The predicted molar refractivity (Wildman–Crippen MR) is 92.2 cm³/mol. The van der Waals surface area contributed by atoms with Gasteiger partial charge in [0.1, 0.15) is 11.5 Å². The van der Waals surface area contributed by atoms with Crippen molar-refractivity contribution in [3.8, 4) is 11.5 Å². The van der Waals surface area contributed by atoms with Crippen molar-refractivity contribution in [1.82, 2.24) is 10.2 Å². The summed E-state index contributed by atoms with van der Waals surface area (Å²) in [5, 5.41) is 12.7. The summed E-state index contributed by atoms with van der Waals surface area (Å²) in [5.74, 6) is 1.51. The van der Waals surface area contributed by atoms with E-state index in [-0.39, 0.29) is 18.4 Å². The molecule has 0 spiro atoms. The maximum absolute atomic E-state index is 12.9. The quantitative estimate of drug-likeness (QED) is 0.788. The summed E-state index contributed by atoms with van der Waals surface area (Å²) in [6.45, 7) is 3.65. The molecule has 0 radical (unpaired) electrons. The number of methoxy groups -OCH3 is 2. The number of hydrogen-bond acceptors (Lipinski definition) is 5. The van der Waals surface area contributed by atoms with Crippen molar-refractivity contribution in [1.29, 1.82) is 0 Å². The second-order valence-electron chi connectivity index (χ2n) is 6.24. The highest BCUT2D eigenvalue weighted by Gasteiger charge is 2.28. The molecule has 2 rings (SSSR count). The van der Waals surface area contributed by atoms with Crippen molar-refractivity contribution in [3.63, 3.8) is 0 Å². The van der Waals surface area contributed by atoms with E-state index in [1.54, 1.807) is 19.1 Å². The average molecular weight is 336 g/mol. The van der Waals surface area contributed by atoms with Gasteiger partial charge in [-0.25, -0.2) is 0 Å². The van der Waals surface area contributed by atoms with E-state index in [0.29, 0.717) is 30.6 Å². The van der Waals surface area contributed by atoms with Gasteiger partial charge in [-0.15, -0.1) is 0 Å². The Labute approximate surface area is 143 Å². The fraction of sp³-hybridized carbons (Fsp3) is 0.611. The zero-order valence-electron chi connectivity index (χ0n) is 14.7. The summed E-state index contributed by atoms with van der Waals surface area (Å²) in [7, 11) is 3.21. The van der Waals surface area contributed by atoms with E-state index in [1.807, 2.05) is 18.2 Å². The van der Waals surface area contributed by atoms with Crippen LogP contribution in [0, 0.1) is 5.92 Å². The highest BCUT2D eigenvalue weighted by molar-refractivity contribution is 5.79. The fourth-order valence-electron chi connectivity index (χ4n) is 3.19. The van der Waals surface area contributed by atoms with Crippen LogP contribution in [0.25, 0.3) is 0 Å². The summed E-state index contributed by atoms with van der Waals surface area (Å²) in [5.41, 5.74) is 0.905. The Bertz CT molecular complexity index is 550. The van der Waals surface area contributed by atoms with Gasteiger partial charge in [0.05, 0.1) is 20.8 Å². The summed E-state index contributed by atoms with van der Waals surface area (Å²) < 4.78 is 10.6. The van der Waals surface area contributed by atoms with Crippen molar-refractivity contribution in [2.75, 3.05) is 33.9 Å². The van der Waals surface area contributed by atoms with Crippen molar-refractivity contribution < 1.29 is 19.4 Å². The molecular weight excluding hydrogens is 308 g/mol. The molecule has 0 aliphatic carbocycles. The number of carbonyl (C=O) groups is 1. The van der Waals surface area contributed by atoms with Crippen LogP contribution >= 0.6 is 0 Å². The number of aliphatic hydroxyl groups excluding tert-OH is 1. The molecule has 2 atom stereocenters. The number of amides is 1. The third-order valence-corrected chi connectivity index (χ3v) is 4.51. The van der Waals surface area contributed by atoms with Crippen molar-refractivity contribution >= 4 is 5.91 Å². The Morgan fingerprint density at radius 3 is 2.79 bits per heavy atom. The second-order valence-corrected chi connectivity index (χ2v) is 6.24. The van der Waals surface area contributed by atoms with Gasteiger partial charge in [0.2, 0.25) is 5.91 Å². The highest BCUT2D eigenvalue weighted by atomic mass is 16.5. The summed E-state index contributed by atoms with van der Waals surface area (Å²) in [6, 6.07) is 5.91. The number of carbonyl (C=O) groups excluding carboxylic acids is 1. The summed E-state index contributed by atoms with van der Waals surface area (Å²) in [6.07, 6.45) is 1.67. The third kappa shape index (κ3) is 4.61. The van der Waals surface area contributed by atoms with Gasteiger partial charge in [-0.1, -0.05) is 0 Å². The maximum Gasteiger partial charge on any atom is 0.226 e. The zero-order valence-corrected chi connectivity index (χ0v) is 14.7. The molecule has 1 aromatic carbocycles. The van der Waals surface area contributed by atoms with E-state index in [1.165, 1.54) is 0 Å². The van der Waals surface area contributed by atoms with Crippen molar-refractivity contribution in [3.05, 3.63) is 23.8 Å². The Kier molecular flexibility index (Phi) is 6.87. The molecule has 1 aliphatic rings. The smallest absolute Gasteiger partial charge is 0.226 e. The number of benzene rings is 1. The number of nitrogens with one attached hydrogen (secondary N) is 1. The highest BCUT2D eigenvalue weighted by Crippen LogP contribution is 2.27. The average Bonchev–Trinajstić information content (AvgIpc) is 2.61. The van der Waals surface area contributed by atoms with Gasteiger partial charge in [0.15, 0.2) is 0 Å². The van der Waals surface area contributed by atoms with Gasteiger partial charge in [0.25, 0.3) is 0 Å². The number of ether oxygens (including phenoxy) is 2. The number of piperidine rings is 1. The van der Waals surface area contributed by atoms with Crippen LogP contribution in [-0.4, -0.2) is 55.9 Å². The monoisotopic (exact) mass is 336 g/mol. The van der Waals surface area contributed by atoms with Gasteiger partial charge >= 0.3 is 0 Å². The van der Waals surface area contributed by atoms with Crippen LogP contribution in [0.4, 0.5) is 0 Å². The number of rotatable bonds is 7. The molecular formula is C18H28N2O4. The second kappa shape index (κ2) is 8.89. The molecule has 1 saturated heterocycles. The molecule has 0 unspecified atom stereocenters. The minimum atomic E-state index is -0.0509. The lowest BCUT2D eigenvalue weighted by atomic mass is 9.92. The third-order valence-electron chi connectivity index (χ3n) is 4.51. The molecule has 6 nitrogen and oxygen atoms in total. The maximum atomic E-state index is 12.9. The van der Waals surface area contributed by atoms with Crippen LogP contribution in [0.3, 0.4) is 0 Å². The molecule has 0 saturated carbocycles. The van der Waals surface area contributed by atoms with E-state index in [9.17, 15) is 9.90 Å². The molecule has 134 valence electrons. The lowest BCUT2D eigenvalue weighted by Crippen LogP contribution is -2.44. The van der Waals surface area contributed by atoms with Gasteiger partial charge in [-0.05, 0) is 38.4 Å².